The van der Waals surface area contributed by atoms with Crippen LogP contribution in [0.1, 0.15) is 219 Å². The first-order valence-corrected chi connectivity index (χ1v) is 33.3. The van der Waals surface area contributed by atoms with Crippen molar-refractivity contribution in [3.8, 4) is 0 Å². The first kappa shape index (κ1) is 68.7. The highest BCUT2D eigenvalue weighted by Crippen LogP contribution is 2.53. The van der Waals surface area contributed by atoms with Crippen molar-refractivity contribution < 1.29 is 99.8 Å². The fourth-order valence-corrected chi connectivity index (χ4v) is 11.3. The van der Waals surface area contributed by atoms with E-state index in [1.54, 1.807) is 0 Å². The standard InChI is InChI=1S/C45H90O21P4S/c1-3-5-7-9-11-13-15-17-19-21-23-25-27-29-31-33-38(46)60-35-37(62-39(47)34-32-30-28-26-24-22-20-18-16-14-12-10-8-6-4-2)36-61-69(56,57)65-42-40(48)43(63-67(50,51)52)45(64-68(53,54)55)44(41(42)49)66-70(58,59)71/h37,40-45,48-49H,3-36H2,1-2H3,(H,56,57)(H2,50,51,52)(H2,53,54,55)(H2,58,59,71)/t37-,40+,41+,42+,43-,44+,45-/m1/s1. The van der Waals surface area contributed by atoms with Gasteiger partial charge in [0.1, 0.15) is 43.2 Å². The van der Waals surface area contributed by atoms with Crippen LogP contribution in [0, 0.1) is 0 Å². The van der Waals surface area contributed by atoms with Gasteiger partial charge in [0.15, 0.2) is 6.10 Å². The Kier molecular flexibility index (Phi) is 37.9. The Bertz CT molecular complexity index is 1560. The number of aliphatic hydroxyl groups excluding tert-OH is 2. The molecule has 422 valence electrons. The molecule has 1 aliphatic rings. The zero-order valence-electron chi connectivity index (χ0n) is 42.2. The van der Waals surface area contributed by atoms with Gasteiger partial charge in [0, 0.05) is 12.8 Å². The molecule has 0 aromatic rings. The molecule has 0 aromatic carbocycles. The van der Waals surface area contributed by atoms with Gasteiger partial charge in [-0.2, -0.15) is 0 Å². The summed E-state index contributed by atoms with van der Waals surface area (Å²) in [4.78, 5) is 94.0. The number of hydrogen-bond acceptors (Lipinski definition) is 15. The second-order valence-corrected chi connectivity index (χ2v) is 25.1. The van der Waals surface area contributed by atoms with Gasteiger partial charge in [0.2, 0.25) is 0 Å². The molecule has 0 radical (unpaired) electrons. The molecule has 1 fully saturated rings. The molecule has 71 heavy (non-hydrogen) atoms. The van der Waals surface area contributed by atoms with Crippen molar-refractivity contribution in [2.24, 2.45) is 0 Å². The highest BCUT2D eigenvalue weighted by molar-refractivity contribution is 8.06. The van der Waals surface area contributed by atoms with Gasteiger partial charge in [-0.15, -0.1) is 0 Å². The third kappa shape index (κ3) is 37.2. The van der Waals surface area contributed by atoms with Crippen molar-refractivity contribution in [1.82, 2.24) is 0 Å². The molecular formula is C45H90O21P4S. The van der Waals surface area contributed by atoms with E-state index in [4.69, 9.17) is 23.0 Å². The van der Waals surface area contributed by atoms with E-state index < -0.39 is 98.1 Å². The SMILES string of the molecule is CCCCCCCCCCCCCCCCCC(=O)OC[C@H](COP(=O)(O)O[C@H]1[C@H](O)[C@@H](OP(=O)(O)O)[C@@H](OP(=O)(O)O)[C@@H](OP(O)(O)=S)[C@H]1O)OC(=O)CCCCCCCCCCCCCCCCC. The Labute approximate surface area is 427 Å². The molecule has 26 heteroatoms. The van der Waals surface area contributed by atoms with E-state index in [0.29, 0.717) is 12.8 Å². The van der Waals surface area contributed by atoms with Crippen LogP contribution in [-0.4, -0.2) is 112 Å². The number of phosphoric acid groups is 3. The van der Waals surface area contributed by atoms with E-state index in [1.165, 1.54) is 122 Å². The van der Waals surface area contributed by atoms with E-state index in [9.17, 15) is 67.8 Å². The molecule has 0 bridgehead atoms. The molecule has 9 N–H and O–H groups in total. The summed E-state index contributed by atoms with van der Waals surface area (Å²) < 4.78 is 71.3. The van der Waals surface area contributed by atoms with Crippen molar-refractivity contribution in [2.75, 3.05) is 13.2 Å². The van der Waals surface area contributed by atoms with Crippen LogP contribution in [0.5, 0.6) is 0 Å². The second-order valence-electron chi connectivity index (χ2n) is 18.7. The van der Waals surface area contributed by atoms with E-state index >= 15 is 0 Å². The Balaban J connectivity index is 2.84. The van der Waals surface area contributed by atoms with Crippen LogP contribution in [0.25, 0.3) is 0 Å². The average molecular weight is 1120 g/mol. The number of carbonyl (C=O) groups is 2. The van der Waals surface area contributed by atoms with Gasteiger partial charge in [-0.3, -0.25) is 32.2 Å². The maximum Gasteiger partial charge on any atom is 0.472 e. The maximum atomic E-state index is 13.3. The van der Waals surface area contributed by atoms with Gasteiger partial charge in [-0.25, -0.2) is 13.7 Å². The Morgan fingerprint density at radius 3 is 1.11 bits per heavy atom. The highest BCUT2D eigenvalue weighted by Gasteiger charge is 2.58. The monoisotopic (exact) mass is 1120 g/mol. The fourth-order valence-electron chi connectivity index (χ4n) is 8.38. The molecule has 21 nitrogen and oxygen atoms in total. The minimum atomic E-state index is -5.73. The van der Waals surface area contributed by atoms with Crippen LogP contribution in [-0.2, 0) is 67.2 Å². The van der Waals surface area contributed by atoms with Gasteiger partial charge in [0.05, 0.1) is 6.61 Å². The molecular weight excluding hydrogens is 1030 g/mol. The van der Waals surface area contributed by atoms with Crippen LogP contribution >= 0.6 is 30.2 Å². The largest absolute Gasteiger partial charge is 0.472 e. The summed E-state index contributed by atoms with van der Waals surface area (Å²) in [5.74, 6) is -1.35. The van der Waals surface area contributed by atoms with Crippen molar-refractivity contribution in [3.05, 3.63) is 0 Å². The Morgan fingerprint density at radius 1 is 0.437 bits per heavy atom. The zero-order chi connectivity index (χ0) is 53.2. The van der Waals surface area contributed by atoms with Crippen molar-refractivity contribution in [1.29, 1.82) is 0 Å². The number of rotatable bonds is 46. The zero-order valence-corrected chi connectivity index (χ0v) is 46.6. The number of aliphatic hydroxyl groups is 2. The molecule has 1 saturated carbocycles. The lowest BCUT2D eigenvalue weighted by Gasteiger charge is -2.46. The topological polar surface area (TPSA) is 332 Å². The molecule has 1 aliphatic carbocycles. The lowest BCUT2D eigenvalue weighted by molar-refractivity contribution is -0.208. The summed E-state index contributed by atoms with van der Waals surface area (Å²) in [5.41, 5.74) is 0. The van der Waals surface area contributed by atoms with E-state index in [1.807, 2.05) is 0 Å². The molecule has 0 heterocycles. The quantitative estimate of drug-likeness (QED) is 0.0155. The van der Waals surface area contributed by atoms with Crippen molar-refractivity contribution >= 4 is 53.9 Å². The first-order valence-electron chi connectivity index (χ1n) is 26.1. The van der Waals surface area contributed by atoms with Gasteiger partial charge in [-0.1, -0.05) is 194 Å². The predicted molar refractivity (Wildman–Crippen MR) is 270 cm³/mol. The van der Waals surface area contributed by atoms with Gasteiger partial charge < -0.3 is 53.9 Å². The molecule has 1 unspecified atom stereocenters. The summed E-state index contributed by atoms with van der Waals surface area (Å²) in [6.45, 7) is -2.10. The van der Waals surface area contributed by atoms with E-state index in [0.717, 1.165) is 57.8 Å². The number of carbonyl (C=O) groups excluding carboxylic acids is 2. The van der Waals surface area contributed by atoms with Crippen LogP contribution in [0.2, 0.25) is 0 Å². The molecule has 1 rings (SSSR count). The number of ether oxygens (including phenoxy) is 2. The molecule has 0 amide bonds. The Morgan fingerprint density at radius 2 is 0.761 bits per heavy atom. The summed E-state index contributed by atoms with van der Waals surface area (Å²) in [6.07, 6.45) is 16.8. The number of esters is 2. The normalized spacial score (nSPS) is 21.2. The van der Waals surface area contributed by atoms with Crippen LogP contribution in [0.15, 0.2) is 0 Å². The minimum Gasteiger partial charge on any atom is -0.462 e. The molecule has 0 spiro atoms. The van der Waals surface area contributed by atoms with E-state index in [2.05, 4.69) is 34.7 Å². The first-order chi connectivity index (χ1) is 33.5. The van der Waals surface area contributed by atoms with E-state index in [-0.39, 0.29) is 12.8 Å². The van der Waals surface area contributed by atoms with Crippen LogP contribution in [0.3, 0.4) is 0 Å². The average Bonchev–Trinajstić information content (AvgIpc) is 3.27. The molecule has 8 atom stereocenters. The summed E-state index contributed by atoms with van der Waals surface area (Å²) >= 11 is 4.38. The predicted octanol–water partition coefficient (Wildman–Crippen LogP) is 9.75. The fraction of sp³-hybridized carbons (Fsp3) is 0.956. The minimum absolute atomic E-state index is 0.0293. The van der Waals surface area contributed by atoms with Gasteiger partial charge in [0.25, 0.3) is 0 Å². The van der Waals surface area contributed by atoms with Crippen LogP contribution < -0.4 is 0 Å². The van der Waals surface area contributed by atoms with Crippen LogP contribution in [0.4, 0.5) is 0 Å². The molecule has 0 aliphatic heterocycles. The summed E-state index contributed by atoms with van der Waals surface area (Å²) in [5, 5.41) is 22.0. The molecule has 0 saturated heterocycles. The number of unbranched alkanes of at least 4 members (excludes halogenated alkanes) is 28. The third-order valence-electron chi connectivity index (χ3n) is 12.1. The van der Waals surface area contributed by atoms with Gasteiger partial charge >= 0.3 is 42.1 Å². The summed E-state index contributed by atoms with van der Waals surface area (Å²) in [7, 11) is -17.0. The van der Waals surface area contributed by atoms with Crippen molar-refractivity contribution in [2.45, 2.75) is 262 Å². The third-order valence-corrected chi connectivity index (χ3v) is 14.9. The highest BCUT2D eigenvalue weighted by atomic mass is 32.5. The van der Waals surface area contributed by atoms with Gasteiger partial charge in [-0.05, 0) is 24.6 Å². The molecule has 0 aromatic heterocycles. The lowest BCUT2D eigenvalue weighted by Crippen LogP contribution is -2.65. The lowest BCUT2D eigenvalue weighted by atomic mass is 9.85. The summed E-state index contributed by atoms with van der Waals surface area (Å²) in [6, 6.07) is 0. The Hall–Kier alpha value is -0.280. The van der Waals surface area contributed by atoms with Crippen molar-refractivity contribution in [3.63, 3.8) is 0 Å². The number of hydrogen-bond donors (Lipinski definition) is 9. The maximum absolute atomic E-state index is 13.3. The smallest absolute Gasteiger partial charge is 0.462 e. The number of phosphoric ester groups is 3. The second kappa shape index (κ2) is 39.1.